The topological polar surface area (TPSA) is 684 Å². The lowest BCUT2D eigenvalue weighted by Crippen LogP contribution is -2.62. The Bertz CT molecular complexity index is 3350. The number of aliphatic hydroxyl groups is 2. The SMILES string of the molecule is CC[C@H](C)[C@H](NC(=O)[C@H](CCCN=C(N)N)NC(=O)CNC(=O)CNC(=O)[C@H](C)NC(=O)[C@H](CS)NC(=O)[C@H](CO)NC(=O)[C@@H](N)CO)C(=O)N[C@@H](CC(=O)O)C(=O)N[C@@H](CCCN=C(N)N)C(=O)N[C@H](C(=O)N[C@@H](CS)C(=O)N[C@@H](Cc1ccccc1)C(=O)N(C1CCCCC1)[C@H](C=O)CCCN=C(N)N)[C@@H](C)CC. The molecule has 0 aromatic heterocycles. The fourth-order valence-corrected chi connectivity index (χ4v) is 11.8. The Hall–Kier alpha value is -10.1. The molecule has 0 unspecified atom stereocenters. The van der Waals surface area contributed by atoms with Gasteiger partial charge in [-0.25, -0.2) is 0 Å². The Labute approximate surface area is 655 Å². The second-order valence-corrected chi connectivity index (χ2v) is 27.4. The van der Waals surface area contributed by atoms with Crippen LogP contribution in [0.4, 0.5) is 0 Å². The fraction of sp³-hybridized carbons (Fsp3) is 0.647. The van der Waals surface area contributed by atoms with Crippen LogP contribution in [0.15, 0.2) is 45.3 Å². The molecule has 0 bridgehead atoms. The summed E-state index contributed by atoms with van der Waals surface area (Å²) in [5.41, 5.74) is 39.3. The summed E-state index contributed by atoms with van der Waals surface area (Å²) in [6.07, 6.45) is 3.91. The highest BCUT2D eigenvalue weighted by Crippen LogP contribution is 2.27. The maximum atomic E-state index is 15.0. The molecule has 1 aliphatic carbocycles. The van der Waals surface area contributed by atoms with Gasteiger partial charge in [0, 0.05) is 43.6 Å². The van der Waals surface area contributed by atoms with Crippen molar-refractivity contribution in [2.24, 2.45) is 66.9 Å². The van der Waals surface area contributed by atoms with E-state index in [0.29, 0.717) is 31.1 Å². The smallest absolute Gasteiger partial charge is 0.305 e. The molecule has 41 nitrogen and oxygen atoms in total. The molecule has 111 heavy (non-hydrogen) atoms. The number of rotatable bonds is 52. The van der Waals surface area contributed by atoms with E-state index >= 15 is 4.79 Å². The number of nitrogens with one attached hydrogen (secondary N) is 12. The van der Waals surface area contributed by atoms with E-state index < -0.39 is 200 Å². The Morgan fingerprint density at radius 2 is 0.928 bits per heavy atom. The van der Waals surface area contributed by atoms with Gasteiger partial charge in [-0.1, -0.05) is 90.1 Å². The predicted octanol–water partition coefficient (Wildman–Crippen LogP) is -8.04. The number of aliphatic hydroxyl groups excluding tert-OH is 2. The van der Waals surface area contributed by atoms with Crippen LogP contribution in [-0.2, 0) is 78.3 Å². The van der Waals surface area contributed by atoms with Crippen LogP contribution in [0, 0.1) is 11.8 Å². The first kappa shape index (κ1) is 96.9. The Balaban J connectivity index is 2.41. The van der Waals surface area contributed by atoms with Gasteiger partial charge in [0.05, 0.1) is 38.8 Å². The molecule has 14 atom stereocenters. The Morgan fingerprint density at radius 1 is 0.505 bits per heavy atom. The van der Waals surface area contributed by atoms with Gasteiger partial charge in [-0.05, 0) is 75.7 Å². The van der Waals surface area contributed by atoms with Crippen molar-refractivity contribution in [3.8, 4) is 0 Å². The van der Waals surface area contributed by atoms with Gasteiger partial charge in [0.15, 0.2) is 17.9 Å². The summed E-state index contributed by atoms with van der Waals surface area (Å²) < 4.78 is 0. The summed E-state index contributed by atoms with van der Waals surface area (Å²) in [4.78, 5) is 218. The number of aliphatic carboxylic acids is 1. The van der Waals surface area contributed by atoms with Crippen molar-refractivity contribution in [3.63, 3.8) is 0 Å². The van der Waals surface area contributed by atoms with Crippen LogP contribution in [0.1, 0.15) is 130 Å². The number of carbonyl (C=O) groups is 15. The highest BCUT2D eigenvalue weighted by Gasteiger charge is 2.40. The third-order valence-corrected chi connectivity index (χ3v) is 18.7. The molecule has 1 aliphatic rings. The summed E-state index contributed by atoms with van der Waals surface area (Å²) in [5.74, 6) is -16.8. The van der Waals surface area contributed by atoms with E-state index in [4.69, 9.17) is 45.2 Å². The number of hydrogen-bond donors (Lipinski definition) is 24. The zero-order chi connectivity index (χ0) is 83.4. The number of aliphatic imine (C=N–C) groups is 3. The van der Waals surface area contributed by atoms with Gasteiger partial charge in [-0.3, -0.25) is 82.1 Å². The van der Waals surface area contributed by atoms with Crippen LogP contribution < -0.4 is 104 Å². The molecule has 43 heteroatoms. The van der Waals surface area contributed by atoms with Gasteiger partial charge in [-0.15, -0.1) is 0 Å². The summed E-state index contributed by atoms with van der Waals surface area (Å²) in [6, 6.07) is -8.97. The minimum Gasteiger partial charge on any atom is -0.481 e. The molecule has 0 heterocycles. The van der Waals surface area contributed by atoms with E-state index in [1.54, 1.807) is 62.9 Å². The largest absolute Gasteiger partial charge is 0.481 e. The molecule has 2 rings (SSSR count). The van der Waals surface area contributed by atoms with Gasteiger partial charge in [0.2, 0.25) is 76.8 Å². The second-order valence-electron chi connectivity index (χ2n) is 26.7. The van der Waals surface area contributed by atoms with E-state index in [1.165, 1.54) is 6.92 Å². The average molecular weight is 1610 g/mol. The van der Waals surface area contributed by atoms with Crippen LogP contribution in [-0.4, -0.2) is 263 Å². The van der Waals surface area contributed by atoms with Crippen molar-refractivity contribution in [2.75, 3.05) is 57.4 Å². The second kappa shape index (κ2) is 52.1. The van der Waals surface area contributed by atoms with Crippen LogP contribution in [0.3, 0.4) is 0 Å². The lowest BCUT2D eigenvalue weighted by Gasteiger charge is -2.40. The van der Waals surface area contributed by atoms with Crippen molar-refractivity contribution >= 4 is 132 Å². The third-order valence-electron chi connectivity index (χ3n) is 18.0. The fourth-order valence-electron chi connectivity index (χ4n) is 11.3. The van der Waals surface area contributed by atoms with E-state index in [2.05, 4.69) is 104 Å². The van der Waals surface area contributed by atoms with Gasteiger partial charge in [0.25, 0.3) is 0 Å². The maximum Gasteiger partial charge on any atom is 0.305 e. The quantitative estimate of drug-likeness (QED) is 0.00947. The van der Waals surface area contributed by atoms with E-state index in [0.717, 1.165) is 19.3 Å². The highest BCUT2D eigenvalue weighted by molar-refractivity contribution is 7.80. The van der Waals surface area contributed by atoms with Gasteiger partial charge in [-0.2, -0.15) is 25.3 Å². The Kier molecular flexibility index (Phi) is 45.5. The van der Waals surface area contributed by atoms with Crippen molar-refractivity contribution in [3.05, 3.63) is 35.9 Å². The minimum atomic E-state index is -1.97. The molecular weight excluding hydrogens is 1490 g/mol. The third kappa shape index (κ3) is 36.1. The first-order chi connectivity index (χ1) is 52.6. The normalized spacial score (nSPS) is 15.7. The molecule has 1 saturated carbocycles. The van der Waals surface area contributed by atoms with E-state index in [-0.39, 0.29) is 106 Å². The van der Waals surface area contributed by atoms with Crippen molar-refractivity contribution in [1.82, 2.24) is 68.7 Å². The number of carboxylic acids is 1. The van der Waals surface area contributed by atoms with Gasteiger partial charge >= 0.3 is 5.97 Å². The van der Waals surface area contributed by atoms with Crippen molar-refractivity contribution < 1.29 is 87.2 Å². The molecule has 0 radical (unpaired) electrons. The van der Waals surface area contributed by atoms with Crippen molar-refractivity contribution in [2.45, 2.75) is 209 Å². The molecule has 13 amide bonds. The van der Waals surface area contributed by atoms with Crippen LogP contribution in [0.5, 0.6) is 0 Å². The van der Waals surface area contributed by atoms with Gasteiger partial charge in [0.1, 0.15) is 72.7 Å². The standard InChI is InChI=1S/C68H115N23O18S2/c1-6-36(3)53(89-57(101)43(22-15-25-77-67(72)73)82-51(96)30-79-50(95)29-80-55(99)38(5)81-61(105)48(34-110)87-60(104)47(33-94)86-56(100)42(69)32-93)63(107)84-45(28-52(97)98)59(103)83-44(23-16-26-78-68(74)75)58(102)90-54(37(4)7-2)64(108)88-49(35-111)62(106)85-46(27-39-17-10-8-11-18-39)65(109)91(40-19-12-9-13-20-40)41(31-92)21-14-24-76-66(70)71/h8,10-11,17-18,31,36-38,40-49,53-54,93-94,110-111H,6-7,9,12-16,19-30,32-35,69H2,1-5H3,(H,79,95)(H,80,99)(H,81,105)(H,82,96)(H,83,103)(H,84,107)(H,85,106)(H,86,100)(H,87,104)(H,88,108)(H,89,101)(H,90,102)(H,97,98)(H4,70,71,76)(H4,72,73,77)(H4,74,75,78)/t36-,37-,38-,41-,42-,43-,44-,45-,46-,47-,48-,49-,53-,54-/m0/s1. The lowest BCUT2D eigenvalue weighted by molar-refractivity contribution is -0.144. The Morgan fingerprint density at radius 3 is 1.40 bits per heavy atom. The maximum absolute atomic E-state index is 15.0. The van der Waals surface area contributed by atoms with Crippen LogP contribution in [0.2, 0.25) is 0 Å². The molecule has 1 aromatic rings. The molecule has 0 saturated heterocycles. The molecule has 0 spiro atoms. The number of benzene rings is 1. The van der Waals surface area contributed by atoms with E-state index in [1.807, 2.05) is 0 Å². The number of nitrogens with zero attached hydrogens (tertiary/aromatic N) is 4. The van der Waals surface area contributed by atoms with E-state index in [9.17, 15) is 77.3 Å². The molecule has 1 aromatic carbocycles. The van der Waals surface area contributed by atoms with Crippen molar-refractivity contribution in [1.29, 1.82) is 0 Å². The zero-order valence-corrected chi connectivity index (χ0v) is 65.1. The number of thiol groups is 2. The average Bonchev–Trinajstić information content (AvgIpc) is 0.813. The molecule has 29 N–H and O–H groups in total. The zero-order valence-electron chi connectivity index (χ0n) is 63.3. The minimum absolute atomic E-state index is 0.00478. The number of hydrogen-bond acceptors (Lipinski definition) is 23. The highest BCUT2D eigenvalue weighted by atomic mass is 32.1. The number of aldehydes is 1. The number of amides is 13. The number of carboxylic acid groups (broad SMARTS) is 1. The van der Waals surface area contributed by atoms with Crippen LogP contribution >= 0.6 is 25.3 Å². The summed E-state index contributed by atoms with van der Waals surface area (Å²) >= 11 is 8.46. The van der Waals surface area contributed by atoms with Crippen LogP contribution in [0.25, 0.3) is 0 Å². The molecule has 1 fully saturated rings. The first-order valence-electron chi connectivity index (χ1n) is 36.6. The summed E-state index contributed by atoms with van der Waals surface area (Å²) in [7, 11) is 0. The number of carbonyl (C=O) groups excluding carboxylic acids is 14. The number of guanidine groups is 3. The first-order valence-corrected chi connectivity index (χ1v) is 37.8. The summed E-state index contributed by atoms with van der Waals surface area (Å²) in [5, 5.41) is 58.1. The molecular formula is C68H115N23O18S2. The monoisotopic (exact) mass is 1610 g/mol. The molecule has 0 aliphatic heterocycles. The van der Waals surface area contributed by atoms with Gasteiger partial charge < -0.3 is 129 Å². The molecule has 622 valence electrons. The predicted molar refractivity (Wildman–Crippen MR) is 415 cm³/mol. The lowest BCUT2D eigenvalue weighted by atomic mass is 9.91. The summed E-state index contributed by atoms with van der Waals surface area (Å²) in [6.45, 7) is 4.57. The number of nitrogens with two attached hydrogens (primary N) is 7.